The van der Waals surface area contributed by atoms with E-state index in [-0.39, 0.29) is 15.6 Å². The molecule has 0 aliphatic heterocycles. The zero-order valence-electron chi connectivity index (χ0n) is 10.8. The lowest BCUT2D eigenvalue weighted by atomic mass is 9.93. The van der Waals surface area contributed by atoms with E-state index in [0.29, 0.717) is 11.1 Å². The van der Waals surface area contributed by atoms with Crippen LogP contribution in [0.1, 0.15) is 22.3 Å². The molecule has 0 atom stereocenters. The second-order valence-electron chi connectivity index (χ2n) is 5.27. The molecule has 0 aromatic heterocycles. The predicted octanol–water partition coefficient (Wildman–Crippen LogP) is 5.43. The number of hydrogen-bond acceptors (Lipinski definition) is 0. The predicted molar refractivity (Wildman–Crippen MR) is 75.8 cm³/mol. The molecule has 0 N–H and O–H groups in total. The van der Waals surface area contributed by atoms with Crippen molar-refractivity contribution in [1.82, 2.24) is 0 Å². The second kappa shape index (κ2) is 4.83. The Bertz CT molecular complexity index is 677. The van der Waals surface area contributed by atoms with Gasteiger partial charge in [-0.05, 0) is 17.2 Å². The minimum Gasteiger partial charge on any atom is -0.201 e. The van der Waals surface area contributed by atoms with Gasteiger partial charge in [0.25, 0.3) is 11.8 Å². The van der Waals surface area contributed by atoms with Crippen LogP contribution in [0.15, 0.2) is 46.9 Å². The summed E-state index contributed by atoms with van der Waals surface area (Å²) in [6, 6.07) is 8.96. The summed E-state index contributed by atoms with van der Waals surface area (Å²) in [7, 11) is 0. The highest BCUT2D eigenvalue weighted by Gasteiger charge is 2.36. The number of alkyl halides is 4. The molecule has 21 heavy (non-hydrogen) atoms. The molecule has 4 bridgehead atoms. The van der Waals surface area contributed by atoms with Crippen LogP contribution in [0.2, 0.25) is 0 Å². The van der Waals surface area contributed by atoms with Gasteiger partial charge in [0.1, 0.15) is 0 Å². The molecule has 0 saturated heterocycles. The summed E-state index contributed by atoms with van der Waals surface area (Å²) in [5.41, 5.74) is 0.307. The zero-order chi connectivity index (χ0) is 15.3. The monoisotopic (exact) mass is 358 g/mol. The highest BCUT2D eigenvalue weighted by Crippen LogP contribution is 2.39. The van der Waals surface area contributed by atoms with E-state index in [1.807, 2.05) is 0 Å². The third-order valence-corrected chi connectivity index (χ3v) is 4.43. The summed E-state index contributed by atoms with van der Waals surface area (Å²) >= 11 is 3.12. The first-order valence-corrected chi connectivity index (χ1v) is 7.21. The van der Waals surface area contributed by atoms with Crippen LogP contribution in [0.5, 0.6) is 0 Å². The maximum Gasteiger partial charge on any atom is 0.277 e. The molecule has 110 valence electrons. The lowest BCUT2D eigenvalue weighted by molar-refractivity contribution is -0.00672. The topological polar surface area (TPSA) is 0 Å². The van der Waals surface area contributed by atoms with E-state index in [1.165, 1.54) is 42.5 Å². The molecule has 0 saturated carbocycles. The third kappa shape index (κ3) is 2.71. The third-order valence-electron chi connectivity index (χ3n) is 3.69. The summed E-state index contributed by atoms with van der Waals surface area (Å²) in [5.74, 6) is -6.07. The van der Waals surface area contributed by atoms with Crippen molar-refractivity contribution in [3.63, 3.8) is 0 Å². The molecule has 5 heteroatoms. The molecule has 0 spiro atoms. The van der Waals surface area contributed by atoms with E-state index < -0.39 is 24.7 Å². The first kappa shape index (κ1) is 14.6. The fraction of sp³-hybridized carbons (Fsp3) is 0.250. The van der Waals surface area contributed by atoms with Gasteiger partial charge in [-0.2, -0.15) is 0 Å². The van der Waals surface area contributed by atoms with E-state index in [2.05, 4.69) is 15.9 Å². The minimum absolute atomic E-state index is 0.161. The van der Waals surface area contributed by atoms with Crippen molar-refractivity contribution < 1.29 is 17.6 Å². The van der Waals surface area contributed by atoms with Crippen LogP contribution >= 0.6 is 15.9 Å². The Kier molecular flexibility index (Phi) is 3.35. The molecule has 4 aliphatic carbocycles. The van der Waals surface area contributed by atoms with Crippen LogP contribution in [-0.2, 0) is 24.7 Å². The Morgan fingerprint density at radius 3 is 1.95 bits per heavy atom. The summed E-state index contributed by atoms with van der Waals surface area (Å²) < 4.78 is 57.3. The lowest BCUT2D eigenvalue weighted by Gasteiger charge is -2.23. The molecular formula is C16H11BrF4. The fourth-order valence-corrected chi connectivity index (χ4v) is 3.00. The molecule has 0 amide bonds. The van der Waals surface area contributed by atoms with E-state index >= 15 is 0 Å². The number of hydrogen-bond donors (Lipinski definition) is 0. The number of benzene rings is 2. The molecular weight excluding hydrogens is 348 g/mol. The molecule has 0 unspecified atom stereocenters. The Balaban J connectivity index is 2.19. The van der Waals surface area contributed by atoms with Gasteiger partial charge in [0.2, 0.25) is 0 Å². The first-order valence-electron chi connectivity index (χ1n) is 6.42. The van der Waals surface area contributed by atoms with Gasteiger partial charge >= 0.3 is 0 Å². The molecule has 4 aliphatic rings. The second-order valence-corrected chi connectivity index (χ2v) is 6.12. The SMILES string of the molecule is FC1(F)Cc2ccc(cc2)C(F)(F)Cc2ccc1cc2Br. The quantitative estimate of drug-likeness (QED) is 0.550. The van der Waals surface area contributed by atoms with Gasteiger partial charge in [0.15, 0.2) is 0 Å². The molecule has 0 fully saturated rings. The zero-order valence-corrected chi connectivity index (χ0v) is 12.4. The van der Waals surface area contributed by atoms with E-state index in [9.17, 15) is 17.6 Å². The van der Waals surface area contributed by atoms with Crippen molar-refractivity contribution in [2.75, 3.05) is 0 Å². The van der Waals surface area contributed by atoms with Crippen molar-refractivity contribution in [2.24, 2.45) is 0 Å². The van der Waals surface area contributed by atoms with Crippen LogP contribution in [0.4, 0.5) is 17.6 Å². The first-order chi connectivity index (χ1) is 9.78. The van der Waals surface area contributed by atoms with Crippen LogP contribution < -0.4 is 0 Å². The van der Waals surface area contributed by atoms with E-state index in [1.54, 1.807) is 0 Å². The maximum absolute atomic E-state index is 14.3. The Morgan fingerprint density at radius 1 is 0.762 bits per heavy atom. The smallest absolute Gasteiger partial charge is 0.201 e. The molecule has 0 radical (unpaired) electrons. The standard InChI is InChI=1S/C16H11BrF4/c17-14-7-13-6-3-11(14)9-16(20,21)12-4-1-10(2-5-12)8-15(13,18)19/h1-7H,8-9H2. The largest absolute Gasteiger partial charge is 0.277 e. The summed E-state index contributed by atoms with van der Waals surface area (Å²) in [6.45, 7) is 0. The number of rotatable bonds is 0. The average Bonchev–Trinajstić information content (AvgIpc) is 2.40. The number of halogens is 5. The van der Waals surface area contributed by atoms with Crippen molar-refractivity contribution in [1.29, 1.82) is 0 Å². The molecule has 2 aromatic rings. The Morgan fingerprint density at radius 2 is 1.33 bits per heavy atom. The van der Waals surface area contributed by atoms with Crippen molar-refractivity contribution in [3.05, 3.63) is 69.2 Å². The molecule has 0 heterocycles. The van der Waals surface area contributed by atoms with E-state index in [0.717, 1.165) is 0 Å². The highest BCUT2D eigenvalue weighted by molar-refractivity contribution is 9.10. The summed E-state index contributed by atoms with van der Waals surface area (Å²) in [6.07, 6.45) is -1.04. The van der Waals surface area contributed by atoms with Gasteiger partial charge in [-0.1, -0.05) is 52.3 Å². The van der Waals surface area contributed by atoms with Gasteiger partial charge in [0.05, 0.1) is 0 Å². The molecule has 6 rings (SSSR count). The van der Waals surface area contributed by atoms with Gasteiger partial charge in [-0.3, -0.25) is 0 Å². The van der Waals surface area contributed by atoms with Gasteiger partial charge in [-0.25, -0.2) is 17.6 Å². The molecule has 2 aromatic carbocycles. The minimum atomic E-state index is -3.04. The van der Waals surface area contributed by atoms with Gasteiger partial charge < -0.3 is 0 Å². The van der Waals surface area contributed by atoms with Crippen molar-refractivity contribution in [3.8, 4) is 0 Å². The van der Waals surface area contributed by atoms with Crippen LogP contribution in [0.25, 0.3) is 0 Å². The summed E-state index contributed by atoms with van der Waals surface area (Å²) in [5, 5.41) is 0. The van der Waals surface area contributed by atoms with Crippen LogP contribution in [0.3, 0.4) is 0 Å². The van der Waals surface area contributed by atoms with Gasteiger partial charge in [-0.15, -0.1) is 0 Å². The van der Waals surface area contributed by atoms with Crippen molar-refractivity contribution >= 4 is 15.9 Å². The van der Waals surface area contributed by atoms with Gasteiger partial charge in [0, 0.05) is 28.4 Å². The fourth-order valence-electron chi connectivity index (χ4n) is 2.48. The normalized spacial score (nSPS) is 19.1. The van der Waals surface area contributed by atoms with Crippen LogP contribution in [-0.4, -0.2) is 0 Å². The van der Waals surface area contributed by atoms with Crippen molar-refractivity contribution in [2.45, 2.75) is 24.7 Å². The Labute approximate surface area is 127 Å². The highest BCUT2D eigenvalue weighted by atomic mass is 79.9. The average molecular weight is 359 g/mol. The lowest BCUT2D eigenvalue weighted by Crippen LogP contribution is -2.21. The van der Waals surface area contributed by atoms with E-state index in [4.69, 9.17) is 0 Å². The maximum atomic E-state index is 14.3. The molecule has 0 nitrogen and oxygen atoms in total. The Hall–Kier alpha value is -1.36. The summed E-state index contributed by atoms with van der Waals surface area (Å²) in [4.78, 5) is 0. The van der Waals surface area contributed by atoms with Crippen LogP contribution in [0, 0.1) is 0 Å².